The topological polar surface area (TPSA) is 154 Å². The minimum Gasteiger partial charge on any atom is -0.481 e. The van der Waals surface area contributed by atoms with Crippen LogP contribution in [0.1, 0.15) is 91.4 Å². The first-order valence-electron chi connectivity index (χ1n) is 18.5. The van der Waals surface area contributed by atoms with Gasteiger partial charge in [-0.25, -0.2) is 9.59 Å². The van der Waals surface area contributed by atoms with Gasteiger partial charge in [0, 0.05) is 20.0 Å². The summed E-state index contributed by atoms with van der Waals surface area (Å²) in [5, 5.41) is 17.5. The van der Waals surface area contributed by atoms with E-state index in [-0.39, 0.29) is 24.5 Å². The van der Waals surface area contributed by atoms with Crippen molar-refractivity contribution < 1.29 is 33.8 Å². The highest BCUT2D eigenvalue weighted by Crippen LogP contribution is 2.20. The van der Waals surface area contributed by atoms with Crippen LogP contribution in [0.3, 0.4) is 0 Å². The Hall–Kier alpha value is -5.97. The molecule has 4 aromatic carbocycles. The van der Waals surface area contributed by atoms with Crippen LogP contribution in [0.4, 0.5) is 9.59 Å². The number of nitrogens with zero attached hydrogens (tertiary/aromatic N) is 1. The molecule has 4 N–H and O–H groups in total. The number of ketones is 1. The molecule has 0 bridgehead atoms. The number of hydrogen-bond donors (Lipinski definition) is 4. The van der Waals surface area contributed by atoms with E-state index in [1.165, 1.54) is 6.92 Å². The number of ether oxygens (including phenoxy) is 1. The predicted molar refractivity (Wildman–Crippen MR) is 214 cm³/mol. The monoisotopic (exact) mass is 750 g/mol. The van der Waals surface area contributed by atoms with E-state index < -0.39 is 36.2 Å². The minimum absolute atomic E-state index is 0.00575. The van der Waals surface area contributed by atoms with Gasteiger partial charge < -0.3 is 30.7 Å². The number of carboxylic acids is 1. The van der Waals surface area contributed by atoms with E-state index in [2.05, 4.69) is 16.0 Å². The number of amides is 4. The second-order valence-corrected chi connectivity index (χ2v) is 13.8. The molecule has 0 unspecified atom stereocenters. The highest BCUT2D eigenvalue weighted by molar-refractivity contribution is 5.87. The first-order chi connectivity index (χ1) is 26.2. The molecule has 0 fully saturated rings. The number of likely N-dealkylation sites (N-methyl/N-ethyl adjacent to an activating group) is 1. The standard InChI is InChI=1S/C25H33N3O4.C19H21NO3/c1-4-5-11-21(24(31)28(3)17-19-9-7-6-8-10-19)26-25(32)27-22(16-23(29)30)20-14-12-18(2)13-15-20;1-13-4-8-16(9-5-13)18(12-15(3)21)20-19(22)23-17-10-6-14(2)7-11-17/h6-10,12-15,21-22H,4-5,11,16-17H2,1-3H3,(H,29,30)(H2,26,27,32);4-11,18H,12H2,1-3H3,(H,20,22)/t21-,22-;18-/m00/s1. The lowest BCUT2D eigenvalue weighted by atomic mass is 10.0. The fraction of sp³-hybridized carbons (Fsp3) is 0.341. The smallest absolute Gasteiger partial charge is 0.413 e. The van der Waals surface area contributed by atoms with Gasteiger partial charge in [0.05, 0.1) is 18.5 Å². The number of nitrogens with one attached hydrogen (secondary N) is 3. The largest absolute Gasteiger partial charge is 0.481 e. The van der Waals surface area contributed by atoms with Gasteiger partial charge in [0.25, 0.3) is 0 Å². The molecule has 0 saturated heterocycles. The Morgan fingerprint density at radius 3 is 1.69 bits per heavy atom. The Morgan fingerprint density at radius 1 is 0.691 bits per heavy atom. The Bertz CT molecular complexity index is 1830. The van der Waals surface area contributed by atoms with Crippen molar-refractivity contribution in [3.05, 3.63) is 137 Å². The first kappa shape index (κ1) is 43.4. The van der Waals surface area contributed by atoms with Crippen LogP contribution in [0.25, 0.3) is 0 Å². The van der Waals surface area contributed by atoms with Gasteiger partial charge in [-0.3, -0.25) is 14.4 Å². The van der Waals surface area contributed by atoms with Crippen LogP contribution < -0.4 is 20.7 Å². The molecule has 0 saturated carbocycles. The van der Waals surface area contributed by atoms with Crippen LogP contribution in [0, 0.1) is 20.8 Å². The van der Waals surface area contributed by atoms with E-state index in [1.54, 1.807) is 36.2 Å². The van der Waals surface area contributed by atoms with E-state index in [0.717, 1.165) is 40.7 Å². The molecule has 0 aliphatic heterocycles. The van der Waals surface area contributed by atoms with Crippen molar-refractivity contribution in [2.24, 2.45) is 0 Å². The number of hydrogen-bond acceptors (Lipinski definition) is 6. The summed E-state index contributed by atoms with van der Waals surface area (Å²) in [4.78, 5) is 62.3. The Balaban J connectivity index is 0.000000311. The van der Waals surface area contributed by atoms with Crippen LogP contribution in [0.2, 0.25) is 0 Å². The number of rotatable bonds is 16. The summed E-state index contributed by atoms with van der Waals surface area (Å²) in [5.74, 6) is -0.718. The van der Waals surface area contributed by atoms with Crippen LogP contribution in [0.5, 0.6) is 5.75 Å². The third-order valence-electron chi connectivity index (χ3n) is 8.75. The van der Waals surface area contributed by atoms with Crippen molar-refractivity contribution in [1.29, 1.82) is 0 Å². The lowest BCUT2D eigenvalue weighted by Crippen LogP contribution is -2.51. The lowest BCUT2D eigenvalue weighted by Gasteiger charge is -2.26. The third-order valence-corrected chi connectivity index (χ3v) is 8.75. The van der Waals surface area contributed by atoms with Crippen molar-refractivity contribution in [2.45, 2.75) is 91.4 Å². The number of aryl methyl sites for hydroxylation is 3. The zero-order chi connectivity index (χ0) is 40.3. The summed E-state index contributed by atoms with van der Waals surface area (Å²) in [6, 6.07) is 29.6. The van der Waals surface area contributed by atoms with Gasteiger partial charge in [-0.1, -0.05) is 127 Å². The predicted octanol–water partition coefficient (Wildman–Crippen LogP) is 8.14. The number of urea groups is 1. The van der Waals surface area contributed by atoms with Gasteiger partial charge in [-0.2, -0.15) is 0 Å². The number of Topliss-reactive ketones (excluding diaryl/α,β-unsaturated/α-hetero) is 1. The molecule has 0 heterocycles. The van der Waals surface area contributed by atoms with Gasteiger partial charge in [0.2, 0.25) is 5.91 Å². The fourth-order valence-corrected chi connectivity index (χ4v) is 5.67. The molecule has 55 heavy (non-hydrogen) atoms. The molecule has 292 valence electrons. The van der Waals surface area contributed by atoms with Gasteiger partial charge >= 0.3 is 18.1 Å². The molecule has 0 aliphatic carbocycles. The van der Waals surface area contributed by atoms with Gasteiger partial charge in [-0.05, 0) is 62.9 Å². The van der Waals surface area contributed by atoms with E-state index >= 15 is 0 Å². The fourth-order valence-electron chi connectivity index (χ4n) is 5.67. The first-order valence-corrected chi connectivity index (χ1v) is 18.5. The van der Waals surface area contributed by atoms with Crippen molar-refractivity contribution in [3.8, 4) is 5.75 Å². The number of carbonyl (C=O) groups is 5. The molecule has 4 aromatic rings. The number of aliphatic carboxylic acids is 1. The van der Waals surface area contributed by atoms with Crippen molar-refractivity contribution in [2.75, 3.05) is 7.05 Å². The van der Waals surface area contributed by atoms with Crippen LogP contribution in [-0.4, -0.2) is 52.9 Å². The van der Waals surface area contributed by atoms with Crippen molar-refractivity contribution in [3.63, 3.8) is 0 Å². The molecule has 3 atom stereocenters. The highest BCUT2D eigenvalue weighted by atomic mass is 16.6. The van der Waals surface area contributed by atoms with Crippen LogP contribution in [0.15, 0.2) is 103 Å². The number of benzene rings is 4. The molecule has 0 aliphatic rings. The molecule has 11 heteroatoms. The molecular formula is C44H54N4O7. The molecule has 4 rings (SSSR count). The SMILES string of the molecule is CC(=O)C[C@H](NC(=O)Oc1ccc(C)cc1)c1ccc(C)cc1.CCCC[C@H](NC(=O)N[C@@H](CC(=O)O)c1ccc(C)cc1)C(=O)N(C)Cc1ccccc1. The average molecular weight is 751 g/mol. The summed E-state index contributed by atoms with van der Waals surface area (Å²) in [6.45, 7) is 9.86. The van der Waals surface area contributed by atoms with Crippen molar-refractivity contribution >= 4 is 29.8 Å². The summed E-state index contributed by atoms with van der Waals surface area (Å²) < 4.78 is 5.27. The Labute approximate surface area is 324 Å². The summed E-state index contributed by atoms with van der Waals surface area (Å²) >= 11 is 0. The zero-order valence-corrected chi connectivity index (χ0v) is 32.6. The second kappa shape index (κ2) is 22.3. The maximum atomic E-state index is 13.0. The lowest BCUT2D eigenvalue weighted by molar-refractivity contribution is -0.137. The van der Waals surface area contributed by atoms with Gasteiger partial charge in [0.1, 0.15) is 17.6 Å². The van der Waals surface area contributed by atoms with E-state index in [1.807, 2.05) is 107 Å². The second-order valence-electron chi connectivity index (χ2n) is 13.8. The molecular weight excluding hydrogens is 697 g/mol. The van der Waals surface area contributed by atoms with E-state index in [4.69, 9.17) is 4.74 Å². The van der Waals surface area contributed by atoms with E-state index in [9.17, 15) is 29.1 Å². The molecule has 4 amide bonds. The molecule has 11 nitrogen and oxygen atoms in total. The molecule has 0 spiro atoms. The van der Waals surface area contributed by atoms with E-state index in [0.29, 0.717) is 24.3 Å². The van der Waals surface area contributed by atoms with Crippen molar-refractivity contribution in [1.82, 2.24) is 20.9 Å². The maximum absolute atomic E-state index is 13.0. The van der Waals surface area contributed by atoms with Crippen LogP contribution in [-0.2, 0) is 20.9 Å². The van der Waals surface area contributed by atoms with Gasteiger partial charge in [0.15, 0.2) is 0 Å². The number of carbonyl (C=O) groups excluding carboxylic acids is 4. The Kier molecular flexibility index (Phi) is 17.6. The number of carboxylic acid groups (broad SMARTS) is 1. The third kappa shape index (κ3) is 15.9. The van der Waals surface area contributed by atoms with Gasteiger partial charge in [-0.15, -0.1) is 0 Å². The van der Waals surface area contributed by atoms with Crippen LogP contribution >= 0.6 is 0 Å². The maximum Gasteiger partial charge on any atom is 0.413 e. The quantitative estimate of drug-likeness (QED) is 0.0902. The molecule has 0 aromatic heterocycles. The average Bonchev–Trinajstić information content (AvgIpc) is 3.14. The summed E-state index contributed by atoms with van der Waals surface area (Å²) in [5.41, 5.74) is 5.84. The zero-order valence-electron chi connectivity index (χ0n) is 32.6. The number of unbranched alkanes of at least 4 members (excludes halogenated alkanes) is 1. The summed E-state index contributed by atoms with van der Waals surface area (Å²) in [6.07, 6.45) is 1.59. The Morgan fingerprint density at radius 2 is 1.20 bits per heavy atom. The molecule has 0 radical (unpaired) electrons. The minimum atomic E-state index is -1.02. The summed E-state index contributed by atoms with van der Waals surface area (Å²) in [7, 11) is 1.72. The normalized spacial score (nSPS) is 12.1. The highest BCUT2D eigenvalue weighted by Gasteiger charge is 2.26.